The Morgan fingerprint density at radius 3 is 1.92 bits per heavy atom. The SMILES string of the molecule is NC1(C2CCC(F)(F)CC2)CC1. The van der Waals surface area contributed by atoms with Gasteiger partial charge in [0.15, 0.2) is 0 Å². The van der Waals surface area contributed by atoms with Crippen LogP contribution in [0.2, 0.25) is 0 Å². The summed E-state index contributed by atoms with van der Waals surface area (Å²) in [7, 11) is 0. The fourth-order valence-corrected chi connectivity index (χ4v) is 2.17. The Kier molecular flexibility index (Phi) is 1.69. The normalized spacial score (nSPS) is 33.2. The van der Waals surface area contributed by atoms with Gasteiger partial charge in [-0.1, -0.05) is 0 Å². The van der Waals surface area contributed by atoms with E-state index in [1.165, 1.54) is 0 Å². The van der Waals surface area contributed by atoms with Crippen LogP contribution in [-0.2, 0) is 0 Å². The first-order chi connectivity index (χ1) is 5.52. The third-order valence-electron chi connectivity index (χ3n) is 3.36. The third kappa shape index (κ3) is 1.47. The highest BCUT2D eigenvalue weighted by atomic mass is 19.3. The van der Waals surface area contributed by atoms with Gasteiger partial charge in [0.25, 0.3) is 0 Å². The van der Waals surface area contributed by atoms with E-state index in [1.807, 2.05) is 0 Å². The zero-order valence-electron chi connectivity index (χ0n) is 7.15. The zero-order valence-corrected chi connectivity index (χ0v) is 7.15. The maximum atomic E-state index is 12.7. The summed E-state index contributed by atoms with van der Waals surface area (Å²) in [6.07, 6.45) is 3.45. The van der Waals surface area contributed by atoms with Crippen molar-refractivity contribution < 1.29 is 8.78 Å². The summed E-state index contributed by atoms with van der Waals surface area (Å²) < 4.78 is 25.5. The second-order valence-electron chi connectivity index (χ2n) is 4.36. The molecule has 1 nitrogen and oxygen atoms in total. The van der Waals surface area contributed by atoms with Crippen LogP contribution in [0.4, 0.5) is 8.78 Å². The molecule has 2 rings (SSSR count). The molecule has 0 spiro atoms. The molecule has 0 atom stereocenters. The van der Waals surface area contributed by atoms with Crippen LogP contribution in [0.5, 0.6) is 0 Å². The lowest BCUT2D eigenvalue weighted by Gasteiger charge is -2.31. The summed E-state index contributed by atoms with van der Waals surface area (Å²) in [6, 6.07) is 0. The highest BCUT2D eigenvalue weighted by Gasteiger charge is 2.49. The molecule has 2 aliphatic carbocycles. The molecule has 70 valence electrons. The topological polar surface area (TPSA) is 26.0 Å². The quantitative estimate of drug-likeness (QED) is 0.650. The number of hydrogen-bond acceptors (Lipinski definition) is 1. The first kappa shape index (κ1) is 8.42. The summed E-state index contributed by atoms with van der Waals surface area (Å²) in [5, 5.41) is 0. The molecule has 2 fully saturated rings. The maximum Gasteiger partial charge on any atom is 0.248 e. The molecule has 0 aromatic heterocycles. The predicted octanol–water partition coefficient (Wildman–Crippen LogP) is 2.30. The van der Waals surface area contributed by atoms with Crippen LogP contribution >= 0.6 is 0 Å². The molecule has 0 amide bonds. The lowest BCUT2D eigenvalue weighted by Crippen LogP contribution is -2.37. The Labute approximate surface area is 71.3 Å². The minimum absolute atomic E-state index is 0.0451. The monoisotopic (exact) mass is 175 g/mol. The number of nitrogens with two attached hydrogens (primary N) is 1. The maximum absolute atomic E-state index is 12.7. The first-order valence-corrected chi connectivity index (χ1v) is 4.69. The van der Waals surface area contributed by atoms with Crippen molar-refractivity contribution >= 4 is 0 Å². The van der Waals surface area contributed by atoms with Gasteiger partial charge in [0.2, 0.25) is 5.92 Å². The largest absolute Gasteiger partial charge is 0.325 e. The summed E-state index contributed by atoms with van der Waals surface area (Å²) >= 11 is 0. The van der Waals surface area contributed by atoms with Gasteiger partial charge in [-0.15, -0.1) is 0 Å². The lowest BCUT2D eigenvalue weighted by molar-refractivity contribution is -0.0493. The van der Waals surface area contributed by atoms with Gasteiger partial charge in [-0.2, -0.15) is 0 Å². The Hall–Kier alpha value is -0.180. The van der Waals surface area contributed by atoms with Gasteiger partial charge < -0.3 is 5.73 Å². The van der Waals surface area contributed by atoms with Crippen molar-refractivity contribution in [2.24, 2.45) is 11.7 Å². The molecule has 0 aliphatic heterocycles. The van der Waals surface area contributed by atoms with Crippen molar-refractivity contribution in [1.29, 1.82) is 0 Å². The van der Waals surface area contributed by atoms with Gasteiger partial charge in [0.1, 0.15) is 0 Å². The summed E-state index contributed by atoms with van der Waals surface area (Å²) in [4.78, 5) is 0. The van der Waals surface area contributed by atoms with Gasteiger partial charge in [-0.3, -0.25) is 0 Å². The number of alkyl halides is 2. The molecule has 0 unspecified atom stereocenters. The van der Waals surface area contributed by atoms with Crippen LogP contribution < -0.4 is 5.73 Å². The fraction of sp³-hybridized carbons (Fsp3) is 1.00. The highest BCUT2D eigenvalue weighted by molar-refractivity contribution is 5.05. The van der Waals surface area contributed by atoms with Gasteiger partial charge >= 0.3 is 0 Å². The fourth-order valence-electron chi connectivity index (χ4n) is 2.17. The van der Waals surface area contributed by atoms with E-state index in [0.717, 1.165) is 12.8 Å². The summed E-state index contributed by atoms with van der Waals surface area (Å²) in [6.45, 7) is 0. The number of halogens is 2. The molecule has 2 saturated carbocycles. The Morgan fingerprint density at radius 1 is 1.00 bits per heavy atom. The van der Waals surface area contributed by atoms with E-state index < -0.39 is 5.92 Å². The van der Waals surface area contributed by atoms with Crippen LogP contribution in [0, 0.1) is 5.92 Å². The second-order valence-corrected chi connectivity index (χ2v) is 4.36. The molecule has 2 aliphatic rings. The van der Waals surface area contributed by atoms with Gasteiger partial charge in [-0.05, 0) is 31.6 Å². The van der Waals surface area contributed by atoms with Crippen molar-refractivity contribution in [1.82, 2.24) is 0 Å². The van der Waals surface area contributed by atoms with Crippen LogP contribution in [0.3, 0.4) is 0 Å². The molecule has 12 heavy (non-hydrogen) atoms. The van der Waals surface area contributed by atoms with Gasteiger partial charge in [-0.25, -0.2) is 8.78 Å². The lowest BCUT2D eigenvalue weighted by atomic mass is 9.81. The average Bonchev–Trinajstić information content (AvgIpc) is 2.68. The van der Waals surface area contributed by atoms with Gasteiger partial charge in [0.05, 0.1) is 0 Å². The zero-order chi connectivity index (χ0) is 8.82. The van der Waals surface area contributed by atoms with Crippen molar-refractivity contribution in [3.05, 3.63) is 0 Å². The van der Waals surface area contributed by atoms with Crippen LogP contribution in [-0.4, -0.2) is 11.5 Å². The average molecular weight is 175 g/mol. The smallest absolute Gasteiger partial charge is 0.248 e. The van der Waals surface area contributed by atoms with Crippen molar-refractivity contribution in [3.63, 3.8) is 0 Å². The van der Waals surface area contributed by atoms with E-state index in [9.17, 15) is 8.78 Å². The minimum atomic E-state index is -2.40. The van der Waals surface area contributed by atoms with E-state index in [0.29, 0.717) is 18.8 Å². The van der Waals surface area contributed by atoms with E-state index in [2.05, 4.69) is 0 Å². The first-order valence-electron chi connectivity index (χ1n) is 4.69. The molecule has 0 saturated heterocycles. The van der Waals surface area contributed by atoms with E-state index in [1.54, 1.807) is 0 Å². The number of rotatable bonds is 1. The molecule has 0 heterocycles. The van der Waals surface area contributed by atoms with Crippen LogP contribution in [0.25, 0.3) is 0 Å². The van der Waals surface area contributed by atoms with E-state index in [-0.39, 0.29) is 18.4 Å². The second kappa shape index (κ2) is 2.41. The third-order valence-corrected chi connectivity index (χ3v) is 3.36. The summed E-state index contributed by atoms with van der Waals surface area (Å²) in [5.41, 5.74) is 5.92. The Morgan fingerprint density at radius 2 is 1.50 bits per heavy atom. The molecule has 2 N–H and O–H groups in total. The molecular formula is C9H15F2N. The van der Waals surface area contributed by atoms with E-state index >= 15 is 0 Å². The molecule has 0 radical (unpaired) electrons. The molecule has 3 heteroatoms. The molecule has 0 aromatic rings. The van der Waals surface area contributed by atoms with Crippen LogP contribution in [0.1, 0.15) is 38.5 Å². The standard InChI is InChI=1S/C9H15F2N/c10-9(11)3-1-7(2-4-9)8(12)5-6-8/h7H,1-6,12H2. The van der Waals surface area contributed by atoms with Crippen molar-refractivity contribution in [2.75, 3.05) is 0 Å². The molecule has 0 bridgehead atoms. The van der Waals surface area contributed by atoms with Crippen molar-refractivity contribution in [2.45, 2.75) is 50.0 Å². The predicted molar refractivity (Wildman–Crippen MR) is 43.1 cm³/mol. The summed E-state index contributed by atoms with van der Waals surface area (Å²) in [5.74, 6) is -2.03. The molecule has 0 aromatic carbocycles. The molecular weight excluding hydrogens is 160 g/mol. The Bertz CT molecular complexity index is 177. The highest BCUT2D eigenvalue weighted by Crippen LogP contribution is 2.48. The van der Waals surface area contributed by atoms with Crippen LogP contribution in [0.15, 0.2) is 0 Å². The van der Waals surface area contributed by atoms with Crippen molar-refractivity contribution in [3.8, 4) is 0 Å². The number of hydrogen-bond donors (Lipinski definition) is 1. The minimum Gasteiger partial charge on any atom is -0.325 e. The Balaban J connectivity index is 1.90. The van der Waals surface area contributed by atoms with E-state index in [4.69, 9.17) is 5.73 Å². The van der Waals surface area contributed by atoms with Gasteiger partial charge in [0, 0.05) is 18.4 Å².